The Kier molecular flexibility index (Phi) is 5.16. The summed E-state index contributed by atoms with van der Waals surface area (Å²) < 4.78 is 0. The van der Waals surface area contributed by atoms with E-state index in [-0.39, 0.29) is 12.6 Å². The smallest absolute Gasteiger partial charge is 0.128 e. The second kappa shape index (κ2) is 6.87. The van der Waals surface area contributed by atoms with Crippen molar-refractivity contribution in [2.24, 2.45) is 0 Å². The fraction of sp³-hybridized carbons (Fsp3) is 0.667. The van der Waals surface area contributed by atoms with Gasteiger partial charge < -0.3 is 15.3 Å². The highest BCUT2D eigenvalue weighted by molar-refractivity contribution is 5.42. The molecular formula is C15H25N3O. The number of nitrogens with zero attached hydrogens (tertiary/aromatic N) is 2. The van der Waals surface area contributed by atoms with Crippen molar-refractivity contribution in [1.29, 1.82) is 0 Å². The van der Waals surface area contributed by atoms with E-state index in [9.17, 15) is 5.11 Å². The minimum Gasteiger partial charge on any atom is -0.394 e. The van der Waals surface area contributed by atoms with E-state index >= 15 is 0 Å². The summed E-state index contributed by atoms with van der Waals surface area (Å²) in [4.78, 5) is 6.78. The third-order valence-electron chi connectivity index (χ3n) is 3.85. The van der Waals surface area contributed by atoms with Crippen LogP contribution in [0.3, 0.4) is 0 Å². The van der Waals surface area contributed by atoms with Crippen LogP contribution >= 0.6 is 0 Å². The Morgan fingerprint density at radius 2 is 2.37 bits per heavy atom. The van der Waals surface area contributed by atoms with Crippen LogP contribution in [0.2, 0.25) is 0 Å². The SMILES string of the molecule is CCCNC(C)c1ccc(N2CCCC2CO)nc1. The zero-order valence-corrected chi connectivity index (χ0v) is 12.0. The number of hydrogen-bond acceptors (Lipinski definition) is 4. The molecule has 1 saturated heterocycles. The Bertz CT molecular complexity index is 379. The van der Waals surface area contributed by atoms with Crippen molar-refractivity contribution in [2.45, 2.75) is 45.2 Å². The lowest BCUT2D eigenvalue weighted by Crippen LogP contribution is -2.32. The Hall–Kier alpha value is -1.13. The molecular weight excluding hydrogens is 238 g/mol. The minimum atomic E-state index is 0.220. The van der Waals surface area contributed by atoms with Crippen LogP contribution in [0.5, 0.6) is 0 Å². The lowest BCUT2D eigenvalue weighted by Gasteiger charge is -2.24. The predicted molar refractivity (Wildman–Crippen MR) is 78.4 cm³/mol. The molecule has 4 heteroatoms. The number of pyridine rings is 1. The van der Waals surface area contributed by atoms with Crippen LogP contribution in [0.1, 0.15) is 44.7 Å². The van der Waals surface area contributed by atoms with Gasteiger partial charge >= 0.3 is 0 Å². The van der Waals surface area contributed by atoms with E-state index < -0.39 is 0 Å². The number of aliphatic hydroxyl groups excluding tert-OH is 1. The molecule has 0 amide bonds. The molecule has 0 saturated carbocycles. The van der Waals surface area contributed by atoms with Gasteiger partial charge in [0.2, 0.25) is 0 Å². The van der Waals surface area contributed by atoms with Crippen LogP contribution in [-0.4, -0.2) is 35.8 Å². The Labute approximate surface area is 115 Å². The molecule has 0 spiro atoms. The first kappa shape index (κ1) is 14.3. The van der Waals surface area contributed by atoms with Gasteiger partial charge in [0.25, 0.3) is 0 Å². The molecule has 2 unspecified atom stereocenters. The minimum absolute atomic E-state index is 0.220. The van der Waals surface area contributed by atoms with Crippen molar-refractivity contribution >= 4 is 5.82 Å². The molecule has 1 aliphatic rings. The maximum Gasteiger partial charge on any atom is 0.128 e. The predicted octanol–water partition coefficient (Wildman–Crippen LogP) is 2.10. The van der Waals surface area contributed by atoms with Crippen molar-refractivity contribution in [1.82, 2.24) is 10.3 Å². The van der Waals surface area contributed by atoms with Crippen LogP contribution in [-0.2, 0) is 0 Å². The standard InChI is InChI=1S/C15H25N3O/c1-3-8-16-12(2)13-6-7-15(17-10-13)18-9-4-5-14(18)11-19/h6-7,10,12,14,16,19H,3-5,8-9,11H2,1-2H3. The van der Waals surface area contributed by atoms with Crippen molar-refractivity contribution in [3.05, 3.63) is 23.9 Å². The number of anilines is 1. The molecule has 1 aromatic heterocycles. The van der Waals surface area contributed by atoms with Crippen molar-refractivity contribution in [3.8, 4) is 0 Å². The van der Waals surface area contributed by atoms with E-state index in [0.717, 1.165) is 38.2 Å². The number of rotatable bonds is 6. The number of hydrogen-bond donors (Lipinski definition) is 2. The summed E-state index contributed by atoms with van der Waals surface area (Å²) in [5.74, 6) is 0.989. The number of nitrogens with one attached hydrogen (secondary N) is 1. The van der Waals surface area contributed by atoms with Crippen LogP contribution in [0.25, 0.3) is 0 Å². The first-order chi connectivity index (χ1) is 9.26. The molecule has 2 rings (SSSR count). The average molecular weight is 263 g/mol. The molecule has 0 radical (unpaired) electrons. The van der Waals surface area contributed by atoms with Gasteiger partial charge in [0, 0.05) is 18.8 Å². The Balaban J connectivity index is 2.01. The van der Waals surface area contributed by atoms with Gasteiger partial charge in [0.1, 0.15) is 5.82 Å². The zero-order valence-electron chi connectivity index (χ0n) is 12.0. The maximum absolute atomic E-state index is 9.36. The van der Waals surface area contributed by atoms with Crippen molar-refractivity contribution < 1.29 is 5.11 Å². The third-order valence-corrected chi connectivity index (χ3v) is 3.85. The molecule has 106 valence electrons. The number of aliphatic hydroxyl groups is 1. The lowest BCUT2D eigenvalue weighted by molar-refractivity contribution is 0.266. The van der Waals surface area contributed by atoms with Gasteiger partial charge in [-0.15, -0.1) is 0 Å². The molecule has 0 bridgehead atoms. The summed E-state index contributed by atoms with van der Waals surface area (Å²) in [6.07, 6.45) is 5.30. The van der Waals surface area contributed by atoms with Gasteiger partial charge in [0.15, 0.2) is 0 Å². The molecule has 19 heavy (non-hydrogen) atoms. The topological polar surface area (TPSA) is 48.4 Å². The van der Waals surface area contributed by atoms with E-state index in [1.165, 1.54) is 5.56 Å². The van der Waals surface area contributed by atoms with Gasteiger partial charge in [-0.3, -0.25) is 0 Å². The molecule has 1 aliphatic heterocycles. The van der Waals surface area contributed by atoms with Gasteiger partial charge in [-0.05, 0) is 44.4 Å². The zero-order chi connectivity index (χ0) is 13.7. The fourth-order valence-electron chi connectivity index (χ4n) is 2.63. The largest absolute Gasteiger partial charge is 0.394 e. The third kappa shape index (κ3) is 3.45. The Morgan fingerprint density at radius 3 is 3.00 bits per heavy atom. The van der Waals surface area contributed by atoms with E-state index in [0.29, 0.717) is 6.04 Å². The molecule has 4 nitrogen and oxygen atoms in total. The van der Waals surface area contributed by atoms with Crippen LogP contribution < -0.4 is 10.2 Å². The average Bonchev–Trinajstić information content (AvgIpc) is 2.93. The van der Waals surface area contributed by atoms with Gasteiger partial charge in [-0.25, -0.2) is 4.98 Å². The van der Waals surface area contributed by atoms with Crippen LogP contribution in [0.15, 0.2) is 18.3 Å². The number of aromatic nitrogens is 1. The Morgan fingerprint density at radius 1 is 1.53 bits per heavy atom. The molecule has 2 heterocycles. The van der Waals surface area contributed by atoms with E-state index in [4.69, 9.17) is 0 Å². The lowest BCUT2D eigenvalue weighted by atomic mass is 10.1. The summed E-state index contributed by atoms with van der Waals surface area (Å²) >= 11 is 0. The van der Waals surface area contributed by atoms with Gasteiger partial charge in [-0.1, -0.05) is 13.0 Å². The van der Waals surface area contributed by atoms with Crippen molar-refractivity contribution in [2.75, 3.05) is 24.6 Å². The van der Waals surface area contributed by atoms with E-state index in [2.05, 4.69) is 41.2 Å². The molecule has 2 N–H and O–H groups in total. The van der Waals surface area contributed by atoms with Gasteiger partial charge in [0.05, 0.1) is 12.6 Å². The van der Waals surface area contributed by atoms with Crippen LogP contribution in [0.4, 0.5) is 5.82 Å². The highest BCUT2D eigenvalue weighted by atomic mass is 16.3. The summed E-state index contributed by atoms with van der Waals surface area (Å²) in [7, 11) is 0. The maximum atomic E-state index is 9.36. The molecule has 2 atom stereocenters. The van der Waals surface area contributed by atoms with E-state index in [1.54, 1.807) is 0 Å². The summed E-state index contributed by atoms with van der Waals surface area (Å²) in [6.45, 7) is 6.59. The first-order valence-corrected chi connectivity index (χ1v) is 7.33. The normalized spacial score (nSPS) is 20.8. The summed E-state index contributed by atoms with van der Waals surface area (Å²) in [5.41, 5.74) is 1.22. The first-order valence-electron chi connectivity index (χ1n) is 7.33. The van der Waals surface area contributed by atoms with Crippen LogP contribution in [0, 0.1) is 0 Å². The summed E-state index contributed by atoms with van der Waals surface area (Å²) in [6, 6.07) is 4.80. The highest BCUT2D eigenvalue weighted by Gasteiger charge is 2.24. The van der Waals surface area contributed by atoms with E-state index in [1.807, 2.05) is 6.20 Å². The second-order valence-corrected chi connectivity index (χ2v) is 5.30. The molecule has 0 aromatic carbocycles. The van der Waals surface area contributed by atoms with Crippen molar-refractivity contribution in [3.63, 3.8) is 0 Å². The second-order valence-electron chi connectivity index (χ2n) is 5.30. The highest BCUT2D eigenvalue weighted by Crippen LogP contribution is 2.24. The molecule has 0 aliphatic carbocycles. The fourth-order valence-corrected chi connectivity index (χ4v) is 2.63. The summed E-state index contributed by atoms with van der Waals surface area (Å²) in [5, 5.41) is 12.8. The quantitative estimate of drug-likeness (QED) is 0.825. The molecule has 1 aromatic rings. The monoisotopic (exact) mass is 263 g/mol. The molecule has 1 fully saturated rings. The van der Waals surface area contributed by atoms with Gasteiger partial charge in [-0.2, -0.15) is 0 Å².